The van der Waals surface area contributed by atoms with Gasteiger partial charge in [-0.15, -0.1) is 0 Å². The van der Waals surface area contributed by atoms with Gasteiger partial charge in [0.1, 0.15) is 0 Å². The first kappa shape index (κ1) is 22.5. The Bertz CT molecular complexity index is 1160. The van der Waals surface area contributed by atoms with E-state index < -0.39 is 0 Å². The van der Waals surface area contributed by atoms with E-state index in [2.05, 4.69) is 10.3 Å². The summed E-state index contributed by atoms with van der Waals surface area (Å²) in [6, 6.07) is 10.1. The SMILES string of the molecule is COC(=O)C(c1ccccc1)C1CCCCN1.Cn1c(=O)c2c(ncn2C)n(C)c1=O. The summed E-state index contributed by atoms with van der Waals surface area (Å²) in [7, 11) is 6.23. The van der Waals surface area contributed by atoms with Crippen LogP contribution in [0.4, 0.5) is 0 Å². The summed E-state index contributed by atoms with van der Waals surface area (Å²) in [5.41, 5.74) is 1.22. The topological polar surface area (TPSA) is 100 Å². The maximum Gasteiger partial charge on any atom is 0.332 e. The number of aryl methyl sites for hydroxylation is 2. The molecule has 31 heavy (non-hydrogen) atoms. The first-order chi connectivity index (χ1) is 14.9. The second kappa shape index (κ2) is 9.74. The molecule has 9 nitrogen and oxygen atoms in total. The van der Waals surface area contributed by atoms with Crippen molar-refractivity contribution in [2.24, 2.45) is 21.1 Å². The first-order valence-electron chi connectivity index (χ1n) is 10.3. The molecule has 9 heteroatoms. The highest BCUT2D eigenvalue weighted by molar-refractivity contribution is 5.79. The molecule has 1 fully saturated rings. The van der Waals surface area contributed by atoms with Crippen LogP contribution in [0.5, 0.6) is 0 Å². The zero-order chi connectivity index (χ0) is 22.5. The summed E-state index contributed by atoms with van der Waals surface area (Å²) in [6.45, 7) is 0.991. The van der Waals surface area contributed by atoms with Crippen molar-refractivity contribution in [3.05, 3.63) is 63.1 Å². The monoisotopic (exact) mass is 427 g/mol. The van der Waals surface area contributed by atoms with Crippen molar-refractivity contribution in [1.82, 2.24) is 24.0 Å². The fourth-order valence-electron chi connectivity index (χ4n) is 3.95. The Morgan fingerprint density at radius 1 is 1.13 bits per heavy atom. The zero-order valence-electron chi connectivity index (χ0n) is 18.4. The van der Waals surface area contributed by atoms with Crippen molar-refractivity contribution < 1.29 is 9.53 Å². The molecule has 0 bridgehead atoms. The van der Waals surface area contributed by atoms with Crippen molar-refractivity contribution in [2.45, 2.75) is 31.2 Å². The van der Waals surface area contributed by atoms with Crippen LogP contribution in [0.2, 0.25) is 0 Å². The van der Waals surface area contributed by atoms with E-state index >= 15 is 0 Å². The molecule has 1 saturated heterocycles. The number of hydrogen-bond donors (Lipinski definition) is 1. The number of nitrogens with one attached hydrogen (secondary N) is 1. The van der Waals surface area contributed by atoms with E-state index in [0.29, 0.717) is 11.2 Å². The number of rotatable bonds is 3. The van der Waals surface area contributed by atoms with Crippen LogP contribution >= 0.6 is 0 Å². The fraction of sp³-hybridized carbons (Fsp3) is 0.455. The van der Waals surface area contributed by atoms with Gasteiger partial charge in [0.2, 0.25) is 0 Å². The molecule has 2 aromatic heterocycles. The summed E-state index contributed by atoms with van der Waals surface area (Å²) in [5, 5.41) is 3.43. The molecule has 2 atom stereocenters. The number of fused-ring (bicyclic) bond motifs is 1. The van der Waals surface area contributed by atoms with Crippen LogP contribution in [-0.2, 0) is 30.7 Å². The lowest BCUT2D eigenvalue weighted by Gasteiger charge is -2.29. The Hall–Kier alpha value is -3.20. The zero-order valence-corrected chi connectivity index (χ0v) is 18.4. The number of ether oxygens (including phenoxy) is 1. The third-order valence-corrected chi connectivity index (χ3v) is 5.68. The van der Waals surface area contributed by atoms with E-state index in [9.17, 15) is 14.4 Å². The number of carbonyl (C=O) groups is 1. The molecule has 1 N–H and O–H groups in total. The molecule has 0 aliphatic carbocycles. The van der Waals surface area contributed by atoms with Gasteiger partial charge in [-0.1, -0.05) is 36.8 Å². The minimum Gasteiger partial charge on any atom is -0.469 e. The Balaban J connectivity index is 0.000000179. The van der Waals surface area contributed by atoms with Crippen LogP contribution in [0.1, 0.15) is 30.7 Å². The van der Waals surface area contributed by atoms with Gasteiger partial charge in [0.05, 0.1) is 19.4 Å². The van der Waals surface area contributed by atoms with Crippen LogP contribution in [-0.4, -0.2) is 44.4 Å². The quantitative estimate of drug-likeness (QED) is 0.628. The molecule has 0 radical (unpaired) electrons. The highest BCUT2D eigenvalue weighted by Gasteiger charge is 2.31. The van der Waals surface area contributed by atoms with Gasteiger partial charge in [-0.05, 0) is 24.9 Å². The summed E-state index contributed by atoms with van der Waals surface area (Å²) in [4.78, 5) is 39.1. The minimum absolute atomic E-state index is 0.143. The molecular formula is C22H29N5O4. The summed E-state index contributed by atoms with van der Waals surface area (Å²) in [6.07, 6.45) is 4.93. The van der Waals surface area contributed by atoms with E-state index in [1.807, 2.05) is 30.3 Å². The Labute approximate surface area is 180 Å². The predicted molar refractivity (Wildman–Crippen MR) is 118 cm³/mol. The molecule has 166 valence electrons. The highest BCUT2D eigenvalue weighted by Crippen LogP contribution is 2.26. The summed E-state index contributed by atoms with van der Waals surface area (Å²) in [5.74, 6) is -0.322. The van der Waals surface area contributed by atoms with Crippen molar-refractivity contribution in [1.29, 1.82) is 0 Å². The van der Waals surface area contributed by atoms with Crippen LogP contribution in [0.3, 0.4) is 0 Å². The predicted octanol–water partition coefficient (Wildman–Crippen LogP) is 1.06. The molecule has 0 spiro atoms. The fourth-order valence-corrected chi connectivity index (χ4v) is 3.95. The molecule has 3 aromatic rings. The second-order valence-electron chi connectivity index (χ2n) is 7.70. The lowest BCUT2D eigenvalue weighted by molar-refractivity contribution is -0.143. The van der Waals surface area contributed by atoms with Gasteiger partial charge in [-0.3, -0.25) is 18.7 Å². The average molecular weight is 428 g/mol. The van der Waals surface area contributed by atoms with Gasteiger partial charge in [0.15, 0.2) is 11.2 Å². The van der Waals surface area contributed by atoms with Crippen molar-refractivity contribution in [2.75, 3.05) is 13.7 Å². The van der Waals surface area contributed by atoms with Crippen molar-refractivity contribution in [3.8, 4) is 0 Å². The molecule has 0 amide bonds. The number of benzene rings is 1. The van der Waals surface area contributed by atoms with Crippen molar-refractivity contribution >= 4 is 17.1 Å². The van der Waals surface area contributed by atoms with Gasteiger partial charge < -0.3 is 14.6 Å². The van der Waals surface area contributed by atoms with Crippen LogP contribution in [0, 0.1) is 0 Å². The minimum atomic E-state index is -0.360. The smallest absolute Gasteiger partial charge is 0.332 e. The maximum atomic E-state index is 11.9. The standard InChI is InChI=1S/C14H19NO2.C8H10N4O2/c1-17-14(16)13(11-7-3-2-4-8-11)12-9-5-6-10-15-12;1-10-4-9-6-5(10)7(13)12(3)8(14)11(6)2/h2-4,7-8,12-13,15H,5-6,9-10H2,1H3;4H,1-3H3. The number of carbonyl (C=O) groups excluding carboxylic acids is 1. The number of esters is 1. The molecule has 1 aliphatic rings. The van der Waals surface area contributed by atoms with Gasteiger partial charge >= 0.3 is 11.7 Å². The lowest BCUT2D eigenvalue weighted by Crippen LogP contribution is -2.42. The van der Waals surface area contributed by atoms with E-state index in [1.54, 1.807) is 18.7 Å². The number of hydrogen-bond acceptors (Lipinski definition) is 6. The number of aromatic nitrogens is 4. The highest BCUT2D eigenvalue weighted by atomic mass is 16.5. The van der Waals surface area contributed by atoms with Crippen LogP contribution in [0.15, 0.2) is 46.2 Å². The Kier molecular flexibility index (Phi) is 7.06. The van der Waals surface area contributed by atoms with Crippen LogP contribution < -0.4 is 16.6 Å². The van der Waals surface area contributed by atoms with Gasteiger partial charge in [0, 0.05) is 27.2 Å². The second-order valence-corrected chi connectivity index (χ2v) is 7.70. The molecule has 4 rings (SSSR count). The average Bonchev–Trinajstić information content (AvgIpc) is 3.19. The number of imidazole rings is 1. The molecular weight excluding hydrogens is 398 g/mol. The van der Waals surface area contributed by atoms with Gasteiger partial charge in [0.25, 0.3) is 5.56 Å². The number of nitrogens with zero attached hydrogens (tertiary/aromatic N) is 4. The van der Waals surface area contributed by atoms with E-state index in [1.165, 1.54) is 37.9 Å². The largest absolute Gasteiger partial charge is 0.469 e. The third kappa shape index (κ3) is 4.61. The third-order valence-electron chi connectivity index (χ3n) is 5.68. The van der Waals surface area contributed by atoms with Gasteiger partial charge in [-0.25, -0.2) is 9.78 Å². The Morgan fingerprint density at radius 3 is 2.45 bits per heavy atom. The van der Waals surface area contributed by atoms with Gasteiger partial charge in [-0.2, -0.15) is 0 Å². The van der Waals surface area contributed by atoms with E-state index in [4.69, 9.17) is 4.74 Å². The summed E-state index contributed by atoms with van der Waals surface area (Å²) < 4.78 is 8.98. The first-order valence-corrected chi connectivity index (χ1v) is 10.3. The maximum absolute atomic E-state index is 11.9. The number of methoxy groups -OCH3 is 1. The molecule has 1 aliphatic heterocycles. The molecule has 3 heterocycles. The van der Waals surface area contributed by atoms with Crippen LogP contribution in [0.25, 0.3) is 11.2 Å². The van der Waals surface area contributed by atoms with E-state index in [-0.39, 0.29) is 29.2 Å². The lowest BCUT2D eigenvalue weighted by atomic mass is 9.86. The van der Waals surface area contributed by atoms with Crippen molar-refractivity contribution in [3.63, 3.8) is 0 Å². The van der Waals surface area contributed by atoms with E-state index in [0.717, 1.165) is 23.1 Å². The summed E-state index contributed by atoms with van der Waals surface area (Å²) >= 11 is 0. The normalized spacial score (nSPS) is 17.0. The molecule has 2 unspecified atom stereocenters. The molecule has 0 saturated carbocycles. The molecule has 1 aromatic carbocycles. The Morgan fingerprint density at radius 2 is 1.84 bits per heavy atom. The number of piperidine rings is 1.